The Morgan fingerprint density at radius 3 is 2.43 bits per heavy atom. The molecule has 7 heteroatoms. The summed E-state index contributed by atoms with van der Waals surface area (Å²) in [6, 6.07) is 12.4. The molecule has 0 radical (unpaired) electrons. The number of hydrogen-bond acceptors (Lipinski definition) is 5. The van der Waals surface area contributed by atoms with Gasteiger partial charge in [-0.3, -0.25) is 24.2 Å². The van der Waals surface area contributed by atoms with Crippen LogP contribution in [0.1, 0.15) is 56.5 Å². The maximum atomic E-state index is 12.8. The minimum absolute atomic E-state index is 0.0252. The minimum atomic E-state index is -0.387. The first kappa shape index (κ1) is 21.5. The number of benzene rings is 2. The number of amides is 3. The molecule has 0 saturated carbocycles. The molecule has 0 aromatic heterocycles. The van der Waals surface area contributed by atoms with E-state index in [1.54, 1.807) is 13.2 Å². The van der Waals surface area contributed by atoms with Gasteiger partial charge in [-0.1, -0.05) is 26.0 Å². The topological polar surface area (TPSA) is 79.0 Å². The predicted molar refractivity (Wildman–Crippen MR) is 114 cm³/mol. The molecule has 1 heterocycles. The lowest BCUT2D eigenvalue weighted by atomic mass is 10.0. The average molecular weight is 409 g/mol. The summed E-state index contributed by atoms with van der Waals surface area (Å²) in [6.07, 6.45) is 0. The number of fused-ring (bicyclic) bond motifs is 1. The van der Waals surface area contributed by atoms with Crippen molar-refractivity contribution >= 4 is 17.7 Å². The number of rotatable bonds is 8. The quantitative estimate of drug-likeness (QED) is 0.679. The van der Waals surface area contributed by atoms with Crippen LogP contribution in [0.5, 0.6) is 5.75 Å². The highest BCUT2D eigenvalue weighted by molar-refractivity contribution is 6.21. The number of methoxy groups -OCH3 is 1. The van der Waals surface area contributed by atoms with Gasteiger partial charge in [0.2, 0.25) is 0 Å². The molecule has 0 aliphatic carbocycles. The third-order valence-electron chi connectivity index (χ3n) is 5.54. The lowest BCUT2D eigenvalue weighted by molar-refractivity contribution is 0.0693. The van der Waals surface area contributed by atoms with Crippen molar-refractivity contribution in [2.45, 2.75) is 19.9 Å². The number of carbonyl (C=O) groups excluding carboxylic acids is 3. The summed E-state index contributed by atoms with van der Waals surface area (Å²) in [5.41, 5.74) is 2.00. The second kappa shape index (κ2) is 9.09. The van der Waals surface area contributed by atoms with Crippen LogP contribution in [0.3, 0.4) is 0 Å². The van der Waals surface area contributed by atoms with Crippen LogP contribution in [0.25, 0.3) is 0 Å². The van der Waals surface area contributed by atoms with Gasteiger partial charge in [0.1, 0.15) is 5.75 Å². The lowest BCUT2D eigenvalue weighted by Crippen LogP contribution is -2.38. The van der Waals surface area contributed by atoms with Crippen LogP contribution in [0.2, 0.25) is 0 Å². The smallest absolute Gasteiger partial charge is 0.261 e. The van der Waals surface area contributed by atoms with Crippen molar-refractivity contribution < 1.29 is 19.1 Å². The van der Waals surface area contributed by atoms with E-state index >= 15 is 0 Å². The van der Waals surface area contributed by atoms with Crippen LogP contribution in [-0.2, 0) is 0 Å². The molecule has 158 valence electrons. The Balaban J connectivity index is 1.80. The Kier molecular flexibility index (Phi) is 6.52. The van der Waals surface area contributed by atoms with Gasteiger partial charge >= 0.3 is 0 Å². The van der Waals surface area contributed by atoms with Crippen molar-refractivity contribution in [1.82, 2.24) is 15.1 Å². The zero-order valence-electron chi connectivity index (χ0n) is 17.8. The largest absolute Gasteiger partial charge is 0.497 e. The van der Waals surface area contributed by atoms with Crippen LogP contribution >= 0.6 is 0 Å². The first-order chi connectivity index (χ1) is 14.4. The Labute approximate surface area is 176 Å². The first-order valence-electron chi connectivity index (χ1n) is 10.0. The van der Waals surface area contributed by atoms with Crippen LogP contribution in [0.15, 0.2) is 42.5 Å². The normalized spacial score (nSPS) is 14.1. The highest BCUT2D eigenvalue weighted by atomic mass is 16.5. The molecule has 3 amide bonds. The molecular formula is C23H27N3O4. The number of imide groups is 1. The van der Waals surface area contributed by atoms with Gasteiger partial charge < -0.3 is 10.1 Å². The number of likely N-dealkylation sites (N-methyl/N-ethyl adjacent to an activating group) is 1. The lowest BCUT2D eigenvalue weighted by Gasteiger charge is -2.30. The number of ether oxygens (including phenoxy) is 1. The zero-order chi connectivity index (χ0) is 21.8. The Hall–Kier alpha value is -3.19. The van der Waals surface area contributed by atoms with E-state index in [-0.39, 0.29) is 29.3 Å². The second-order valence-electron chi connectivity index (χ2n) is 7.15. The Bertz CT molecular complexity index is 969. The van der Waals surface area contributed by atoms with E-state index in [1.807, 2.05) is 24.3 Å². The second-order valence-corrected chi connectivity index (χ2v) is 7.15. The highest BCUT2D eigenvalue weighted by Crippen LogP contribution is 2.25. The van der Waals surface area contributed by atoms with Gasteiger partial charge in [-0.2, -0.15) is 0 Å². The van der Waals surface area contributed by atoms with Gasteiger partial charge in [-0.25, -0.2) is 0 Å². The first-order valence-corrected chi connectivity index (χ1v) is 10.0. The van der Waals surface area contributed by atoms with E-state index < -0.39 is 0 Å². The minimum Gasteiger partial charge on any atom is -0.497 e. The molecule has 30 heavy (non-hydrogen) atoms. The summed E-state index contributed by atoms with van der Waals surface area (Å²) in [5, 5.41) is 2.98. The van der Waals surface area contributed by atoms with Crippen LogP contribution < -0.4 is 10.1 Å². The predicted octanol–water partition coefficient (Wildman–Crippen LogP) is 2.73. The van der Waals surface area contributed by atoms with Gasteiger partial charge in [0, 0.05) is 19.2 Å². The van der Waals surface area contributed by atoms with Crippen LogP contribution in [0.4, 0.5) is 0 Å². The molecule has 0 spiro atoms. The fourth-order valence-electron chi connectivity index (χ4n) is 3.76. The maximum absolute atomic E-state index is 12.8. The van der Waals surface area contributed by atoms with Crippen LogP contribution in [0, 0.1) is 0 Å². The van der Waals surface area contributed by atoms with E-state index in [0.29, 0.717) is 17.7 Å². The molecule has 1 N–H and O–H groups in total. The molecule has 7 nitrogen and oxygen atoms in total. The van der Waals surface area contributed by atoms with E-state index in [0.717, 1.165) is 29.3 Å². The number of carbonyl (C=O) groups is 3. The van der Waals surface area contributed by atoms with Crippen LogP contribution in [-0.4, -0.2) is 61.3 Å². The third kappa shape index (κ3) is 4.07. The molecule has 0 fully saturated rings. The summed E-state index contributed by atoms with van der Waals surface area (Å²) in [4.78, 5) is 40.4. The number of nitrogens with one attached hydrogen (secondary N) is 1. The van der Waals surface area contributed by atoms with Crippen molar-refractivity contribution in [3.05, 3.63) is 64.7 Å². The molecule has 1 atom stereocenters. The van der Waals surface area contributed by atoms with E-state index in [2.05, 4.69) is 24.1 Å². The van der Waals surface area contributed by atoms with Crippen molar-refractivity contribution in [3.63, 3.8) is 0 Å². The van der Waals surface area contributed by atoms with Gasteiger partial charge in [-0.15, -0.1) is 0 Å². The maximum Gasteiger partial charge on any atom is 0.261 e. The molecule has 1 aliphatic rings. The summed E-state index contributed by atoms with van der Waals surface area (Å²) < 4.78 is 5.35. The van der Waals surface area contributed by atoms with Gasteiger partial charge in [0.15, 0.2) is 0 Å². The van der Waals surface area contributed by atoms with Crippen molar-refractivity contribution in [1.29, 1.82) is 0 Å². The highest BCUT2D eigenvalue weighted by Gasteiger charge is 2.33. The Morgan fingerprint density at radius 1 is 1.07 bits per heavy atom. The monoisotopic (exact) mass is 409 g/mol. The third-order valence-corrected chi connectivity index (χ3v) is 5.54. The molecule has 1 aliphatic heterocycles. The SMILES string of the molecule is CCN(CC)[C@@H](CNC(=O)c1ccc2c(c1)C(=O)N(C)C2=O)c1cccc(OC)c1. The van der Waals surface area contributed by atoms with E-state index in [4.69, 9.17) is 4.74 Å². The zero-order valence-corrected chi connectivity index (χ0v) is 17.8. The van der Waals surface area contributed by atoms with Crippen molar-refractivity contribution in [2.24, 2.45) is 0 Å². The fraction of sp³-hybridized carbons (Fsp3) is 0.348. The van der Waals surface area contributed by atoms with Gasteiger partial charge in [0.25, 0.3) is 17.7 Å². The molecule has 0 unspecified atom stereocenters. The standard InChI is InChI=1S/C23H27N3O4/c1-5-26(6-2)20(15-8-7-9-17(12-15)30-4)14-24-21(27)16-10-11-18-19(13-16)23(29)25(3)22(18)28/h7-13,20H,5-6,14H2,1-4H3,(H,24,27)/t20-/m0/s1. The molecule has 2 aromatic rings. The number of hydrogen-bond donors (Lipinski definition) is 1. The van der Waals surface area contributed by atoms with Gasteiger partial charge in [-0.05, 0) is 49.0 Å². The molecule has 3 rings (SSSR count). The van der Waals surface area contributed by atoms with Gasteiger partial charge in [0.05, 0.1) is 24.3 Å². The van der Waals surface area contributed by atoms with Crippen molar-refractivity contribution in [2.75, 3.05) is 33.8 Å². The summed E-state index contributed by atoms with van der Waals surface area (Å²) >= 11 is 0. The molecule has 0 saturated heterocycles. The molecule has 2 aromatic carbocycles. The van der Waals surface area contributed by atoms with Crippen molar-refractivity contribution in [3.8, 4) is 5.75 Å². The molecule has 0 bridgehead atoms. The van der Waals surface area contributed by atoms with E-state index in [1.165, 1.54) is 19.2 Å². The summed E-state index contributed by atoms with van der Waals surface area (Å²) in [6.45, 7) is 6.22. The average Bonchev–Trinajstić information content (AvgIpc) is 3.00. The summed E-state index contributed by atoms with van der Waals surface area (Å²) in [5.74, 6) is -0.252. The molecular weight excluding hydrogens is 382 g/mol. The summed E-state index contributed by atoms with van der Waals surface area (Å²) in [7, 11) is 3.07. The van der Waals surface area contributed by atoms with E-state index in [9.17, 15) is 14.4 Å². The number of nitrogens with zero attached hydrogens (tertiary/aromatic N) is 2. The Morgan fingerprint density at radius 2 is 1.77 bits per heavy atom. The fourth-order valence-corrected chi connectivity index (χ4v) is 3.76.